The van der Waals surface area contributed by atoms with Crippen molar-refractivity contribution in [2.24, 2.45) is 0 Å². The zero-order valence-corrected chi connectivity index (χ0v) is 14.2. The van der Waals surface area contributed by atoms with Crippen LogP contribution in [0.4, 0.5) is 13.2 Å². The molecule has 2 aromatic heterocycles. The minimum atomic E-state index is -4.63. The standard InChI is InChI=1S/C16H15F3N4O3/c1-8-6-11(14-20-10(3)25-22-14)7-9(2)13(8)24-5-4-12-21-15(23-26-12)16(17,18)19/h6-7H,4-5H2,1-3H3. The van der Waals surface area contributed by atoms with Crippen LogP contribution in [0, 0.1) is 20.8 Å². The summed E-state index contributed by atoms with van der Waals surface area (Å²) in [5.74, 6) is 0.148. The molecule has 0 amide bonds. The third kappa shape index (κ3) is 3.84. The van der Waals surface area contributed by atoms with Gasteiger partial charge in [-0.15, -0.1) is 0 Å². The van der Waals surface area contributed by atoms with Gasteiger partial charge in [-0.2, -0.15) is 23.1 Å². The number of benzene rings is 1. The summed E-state index contributed by atoms with van der Waals surface area (Å²) in [6.45, 7) is 5.51. The highest BCUT2D eigenvalue weighted by atomic mass is 19.4. The smallest absolute Gasteiger partial charge is 0.455 e. The van der Waals surface area contributed by atoms with E-state index in [1.54, 1.807) is 6.92 Å². The lowest BCUT2D eigenvalue weighted by Gasteiger charge is -2.12. The summed E-state index contributed by atoms with van der Waals surface area (Å²) in [5, 5.41) is 6.78. The number of aryl methyl sites for hydroxylation is 3. The van der Waals surface area contributed by atoms with Gasteiger partial charge in [-0.1, -0.05) is 10.3 Å². The molecular weight excluding hydrogens is 353 g/mol. The van der Waals surface area contributed by atoms with Crippen LogP contribution in [0.15, 0.2) is 21.2 Å². The van der Waals surface area contributed by atoms with Crippen molar-refractivity contribution in [3.63, 3.8) is 0 Å². The Bertz CT molecular complexity index is 895. The highest BCUT2D eigenvalue weighted by Crippen LogP contribution is 2.29. The molecule has 2 heterocycles. The summed E-state index contributed by atoms with van der Waals surface area (Å²) < 4.78 is 52.6. The fourth-order valence-electron chi connectivity index (χ4n) is 2.44. The summed E-state index contributed by atoms with van der Waals surface area (Å²) in [6.07, 6.45) is -4.56. The van der Waals surface area contributed by atoms with Gasteiger partial charge in [0.1, 0.15) is 5.75 Å². The second-order valence-electron chi connectivity index (χ2n) is 5.68. The Morgan fingerprint density at radius 1 is 1.00 bits per heavy atom. The van der Waals surface area contributed by atoms with Gasteiger partial charge in [-0.3, -0.25) is 0 Å². The highest BCUT2D eigenvalue weighted by molar-refractivity contribution is 5.60. The largest absolute Gasteiger partial charge is 0.493 e. The normalized spacial score (nSPS) is 11.8. The Balaban J connectivity index is 1.67. The van der Waals surface area contributed by atoms with Gasteiger partial charge in [0.25, 0.3) is 5.82 Å². The van der Waals surface area contributed by atoms with Crippen molar-refractivity contribution in [2.75, 3.05) is 6.61 Å². The van der Waals surface area contributed by atoms with E-state index in [2.05, 4.69) is 24.8 Å². The molecule has 3 rings (SSSR count). The number of alkyl halides is 3. The van der Waals surface area contributed by atoms with Crippen LogP contribution in [0.3, 0.4) is 0 Å². The average molecular weight is 368 g/mol. The van der Waals surface area contributed by atoms with Gasteiger partial charge in [0.2, 0.25) is 17.6 Å². The molecule has 0 spiro atoms. The van der Waals surface area contributed by atoms with E-state index in [-0.39, 0.29) is 18.9 Å². The van der Waals surface area contributed by atoms with Crippen molar-refractivity contribution in [1.29, 1.82) is 0 Å². The first-order valence-electron chi connectivity index (χ1n) is 7.68. The summed E-state index contributed by atoms with van der Waals surface area (Å²) in [4.78, 5) is 7.48. The average Bonchev–Trinajstić information content (AvgIpc) is 3.18. The molecule has 0 fully saturated rings. The SMILES string of the molecule is Cc1nc(-c2cc(C)c(OCCc3nc(C(F)(F)F)no3)c(C)c2)no1. The molecule has 3 aromatic rings. The Hall–Kier alpha value is -2.91. The topological polar surface area (TPSA) is 87.1 Å². The molecule has 0 saturated heterocycles. The quantitative estimate of drug-likeness (QED) is 0.679. The van der Waals surface area contributed by atoms with E-state index in [9.17, 15) is 13.2 Å². The number of aromatic nitrogens is 4. The van der Waals surface area contributed by atoms with Crippen LogP contribution < -0.4 is 4.74 Å². The number of halogens is 3. The Kier molecular flexibility index (Phi) is 4.66. The van der Waals surface area contributed by atoms with E-state index in [1.807, 2.05) is 26.0 Å². The third-order valence-corrected chi connectivity index (χ3v) is 3.53. The fourth-order valence-corrected chi connectivity index (χ4v) is 2.44. The van der Waals surface area contributed by atoms with E-state index in [1.165, 1.54) is 0 Å². The molecule has 0 N–H and O–H groups in total. The summed E-state index contributed by atoms with van der Waals surface area (Å²) in [5.41, 5.74) is 2.46. The lowest BCUT2D eigenvalue weighted by Crippen LogP contribution is -2.08. The molecule has 0 aliphatic rings. The molecule has 0 atom stereocenters. The van der Waals surface area contributed by atoms with Crippen molar-refractivity contribution >= 4 is 0 Å². The third-order valence-electron chi connectivity index (χ3n) is 3.53. The van der Waals surface area contributed by atoms with E-state index < -0.39 is 12.0 Å². The van der Waals surface area contributed by atoms with Gasteiger partial charge in [-0.25, -0.2) is 0 Å². The molecule has 0 saturated carbocycles. The first-order chi connectivity index (χ1) is 12.2. The van der Waals surface area contributed by atoms with E-state index in [0.29, 0.717) is 17.5 Å². The molecule has 0 bridgehead atoms. The minimum Gasteiger partial charge on any atom is -0.493 e. The van der Waals surface area contributed by atoms with Gasteiger partial charge in [0.15, 0.2) is 0 Å². The maximum Gasteiger partial charge on any atom is 0.455 e. The van der Waals surface area contributed by atoms with Crippen molar-refractivity contribution in [2.45, 2.75) is 33.4 Å². The van der Waals surface area contributed by atoms with Gasteiger partial charge >= 0.3 is 6.18 Å². The maximum atomic E-state index is 12.4. The Morgan fingerprint density at radius 3 is 2.23 bits per heavy atom. The van der Waals surface area contributed by atoms with E-state index in [0.717, 1.165) is 16.7 Å². The van der Waals surface area contributed by atoms with Crippen molar-refractivity contribution in [1.82, 2.24) is 20.3 Å². The first-order valence-corrected chi connectivity index (χ1v) is 7.68. The minimum absolute atomic E-state index is 0.0632. The van der Waals surface area contributed by atoms with Crippen molar-refractivity contribution < 1.29 is 27.0 Å². The molecule has 7 nitrogen and oxygen atoms in total. The fraction of sp³-hybridized carbons (Fsp3) is 0.375. The number of hydrogen-bond acceptors (Lipinski definition) is 7. The zero-order valence-electron chi connectivity index (χ0n) is 14.2. The van der Waals surface area contributed by atoms with Crippen molar-refractivity contribution in [3.05, 3.63) is 40.9 Å². The molecule has 10 heteroatoms. The van der Waals surface area contributed by atoms with Gasteiger partial charge < -0.3 is 13.8 Å². The van der Waals surface area contributed by atoms with E-state index >= 15 is 0 Å². The molecule has 0 radical (unpaired) electrons. The zero-order chi connectivity index (χ0) is 18.9. The molecule has 0 aliphatic heterocycles. The van der Waals surface area contributed by atoms with Crippen LogP contribution in [0.5, 0.6) is 5.75 Å². The monoisotopic (exact) mass is 368 g/mol. The second kappa shape index (κ2) is 6.77. The van der Waals surface area contributed by atoms with Gasteiger partial charge in [-0.05, 0) is 37.1 Å². The Labute approximate surface area is 146 Å². The van der Waals surface area contributed by atoms with Crippen LogP contribution in [0.25, 0.3) is 11.4 Å². The number of rotatable bonds is 5. The van der Waals surface area contributed by atoms with Crippen LogP contribution >= 0.6 is 0 Å². The predicted octanol–water partition coefficient (Wildman–Crippen LogP) is 3.69. The van der Waals surface area contributed by atoms with Crippen LogP contribution in [-0.2, 0) is 12.6 Å². The van der Waals surface area contributed by atoms with Crippen LogP contribution in [0.1, 0.15) is 28.7 Å². The van der Waals surface area contributed by atoms with Crippen LogP contribution in [0.2, 0.25) is 0 Å². The number of ether oxygens (including phenoxy) is 1. The molecule has 138 valence electrons. The summed E-state index contributed by atoms with van der Waals surface area (Å²) in [7, 11) is 0. The lowest BCUT2D eigenvalue weighted by molar-refractivity contribution is -0.146. The summed E-state index contributed by atoms with van der Waals surface area (Å²) >= 11 is 0. The second-order valence-corrected chi connectivity index (χ2v) is 5.68. The number of nitrogens with zero attached hydrogens (tertiary/aromatic N) is 4. The predicted molar refractivity (Wildman–Crippen MR) is 82.4 cm³/mol. The molecule has 0 unspecified atom stereocenters. The molecular formula is C16H15F3N4O3. The molecule has 0 aliphatic carbocycles. The Morgan fingerprint density at radius 2 is 1.69 bits per heavy atom. The van der Waals surface area contributed by atoms with Crippen LogP contribution in [-0.4, -0.2) is 26.9 Å². The first kappa shape index (κ1) is 17.9. The van der Waals surface area contributed by atoms with Gasteiger partial charge in [0.05, 0.1) is 13.0 Å². The lowest BCUT2D eigenvalue weighted by atomic mass is 10.1. The maximum absolute atomic E-state index is 12.4. The summed E-state index contributed by atoms with van der Waals surface area (Å²) in [6, 6.07) is 3.70. The molecule has 26 heavy (non-hydrogen) atoms. The highest BCUT2D eigenvalue weighted by Gasteiger charge is 2.37. The number of hydrogen-bond donors (Lipinski definition) is 0. The van der Waals surface area contributed by atoms with Crippen molar-refractivity contribution in [3.8, 4) is 17.1 Å². The van der Waals surface area contributed by atoms with E-state index in [4.69, 9.17) is 9.26 Å². The molecule has 1 aromatic carbocycles. The van der Waals surface area contributed by atoms with Gasteiger partial charge in [0, 0.05) is 12.5 Å².